The summed E-state index contributed by atoms with van der Waals surface area (Å²) in [5, 5.41) is 0.501. The molecule has 2 radical (unpaired) electrons. The summed E-state index contributed by atoms with van der Waals surface area (Å²) in [7, 11) is 5.75. The average Bonchev–Trinajstić information content (AvgIpc) is 2.56. The largest absolute Gasteiger partial charge is 0.443 e. The Morgan fingerprint density at radius 2 is 2.06 bits per heavy atom. The van der Waals surface area contributed by atoms with E-state index in [2.05, 4.69) is 0 Å². The Kier molecular flexibility index (Phi) is 2.93. The van der Waals surface area contributed by atoms with E-state index in [0.29, 0.717) is 10.8 Å². The highest BCUT2D eigenvalue weighted by Crippen LogP contribution is 2.19. The van der Waals surface area contributed by atoms with Gasteiger partial charge in [0.05, 0.1) is 5.52 Å². The number of nitrogens with zero attached hydrogens (tertiary/aromatic N) is 1. The van der Waals surface area contributed by atoms with Gasteiger partial charge in [-0.25, -0.2) is 9.18 Å². The summed E-state index contributed by atoms with van der Waals surface area (Å²) in [6.45, 7) is 5.24. The first-order valence-electron chi connectivity index (χ1n) is 5.58. The summed E-state index contributed by atoms with van der Waals surface area (Å²) < 4.78 is 20.1. The van der Waals surface area contributed by atoms with Gasteiger partial charge in [0, 0.05) is 6.20 Å². The molecule has 0 saturated carbocycles. The third-order valence-electron chi connectivity index (χ3n) is 2.40. The number of halogens is 1. The zero-order valence-electron chi connectivity index (χ0n) is 10.5. The van der Waals surface area contributed by atoms with E-state index in [-0.39, 0.29) is 5.52 Å². The maximum atomic E-state index is 13.8. The predicted octanol–water partition coefficient (Wildman–Crippen LogP) is 2.36. The van der Waals surface area contributed by atoms with Crippen molar-refractivity contribution in [2.24, 2.45) is 0 Å². The number of benzene rings is 1. The van der Waals surface area contributed by atoms with Crippen LogP contribution >= 0.6 is 0 Å². The van der Waals surface area contributed by atoms with Crippen LogP contribution in [0.3, 0.4) is 0 Å². The number of fused-ring (bicyclic) bond motifs is 1. The lowest BCUT2D eigenvalue weighted by atomic mass is 9.96. The number of ether oxygens (including phenoxy) is 1. The highest BCUT2D eigenvalue weighted by Gasteiger charge is 2.21. The fraction of sp³-hybridized carbons (Fsp3) is 0.308. The average molecular weight is 245 g/mol. The number of para-hydroxylation sites is 1. The van der Waals surface area contributed by atoms with Crippen LogP contribution in [0.4, 0.5) is 9.18 Å². The first-order valence-corrected chi connectivity index (χ1v) is 5.58. The molecule has 0 saturated heterocycles. The monoisotopic (exact) mass is 245 g/mol. The SMILES string of the molecule is [B]c1cn(C(=O)OC(C)(C)C)c2c(F)cccc12. The number of rotatable bonds is 0. The summed E-state index contributed by atoms with van der Waals surface area (Å²) in [5.74, 6) is -0.505. The molecule has 3 nitrogen and oxygen atoms in total. The van der Waals surface area contributed by atoms with Crippen LogP contribution in [-0.4, -0.2) is 24.1 Å². The van der Waals surface area contributed by atoms with E-state index in [1.54, 1.807) is 32.9 Å². The van der Waals surface area contributed by atoms with Crippen LogP contribution in [0.15, 0.2) is 24.4 Å². The first-order chi connectivity index (χ1) is 8.29. The Morgan fingerprint density at radius 3 is 2.67 bits per heavy atom. The Bertz CT molecular complexity index is 613. The van der Waals surface area contributed by atoms with E-state index in [9.17, 15) is 9.18 Å². The second-order valence-corrected chi connectivity index (χ2v) is 5.07. The molecule has 1 aromatic carbocycles. The molecule has 0 fully saturated rings. The molecule has 1 heterocycles. The molecular formula is C13H13BFNO2. The van der Waals surface area contributed by atoms with Gasteiger partial charge in [0.25, 0.3) is 0 Å². The van der Waals surface area contributed by atoms with E-state index in [4.69, 9.17) is 12.6 Å². The van der Waals surface area contributed by atoms with Crippen LogP contribution in [-0.2, 0) is 4.74 Å². The van der Waals surface area contributed by atoms with Crippen molar-refractivity contribution in [2.75, 3.05) is 0 Å². The second kappa shape index (κ2) is 4.16. The van der Waals surface area contributed by atoms with Gasteiger partial charge in [-0.05, 0) is 32.2 Å². The summed E-state index contributed by atoms with van der Waals surface area (Å²) in [6, 6.07) is 4.49. The topological polar surface area (TPSA) is 31.2 Å². The van der Waals surface area contributed by atoms with Gasteiger partial charge in [0.1, 0.15) is 19.3 Å². The third-order valence-corrected chi connectivity index (χ3v) is 2.40. The quantitative estimate of drug-likeness (QED) is 0.667. The lowest BCUT2D eigenvalue weighted by Crippen LogP contribution is -2.27. The number of hydrogen-bond donors (Lipinski definition) is 0. The molecule has 0 amide bonds. The molecule has 0 bridgehead atoms. The van der Waals surface area contributed by atoms with Crippen LogP contribution in [0, 0.1) is 5.82 Å². The summed E-state index contributed by atoms with van der Waals surface area (Å²) in [5.41, 5.74) is -0.159. The van der Waals surface area contributed by atoms with Crippen molar-refractivity contribution in [3.8, 4) is 0 Å². The zero-order valence-corrected chi connectivity index (χ0v) is 10.5. The van der Waals surface area contributed by atoms with Gasteiger partial charge >= 0.3 is 6.09 Å². The van der Waals surface area contributed by atoms with E-state index in [0.717, 1.165) is 4.57 Å². The summed E-state index contributed by atoms with van der Waals surface area (Å²) >= 11 is 0. The van der Waals surface area contributed by atoms with Crippen LogP contribution < -0.4 is 5.46 Å². The molecule has 2 rings (SSSR count). The zero-order chi connectivity index (χ0) is 13.5. The van der Waals surface area contributed by atoms with Crippen molar-refractivity contribution < 1.29 is 13.9 Å². The van der Waals surface area contributed by atoms with Crippen LogP contribution in [0.1, 0.15) is 20.8 Å². The molecule has 92 valence electrons. The normalized spacial score (nSPS) is 11.8. The Balaban J connectivity index is 2.55. The van der Waals surface area contributed by atoms with Crippen molar-refractivity contribution >= 4 is 30.3 Å². The van der Waals surface area contributed by atoms with Crippen molar-refractivity contribution in [1.29, 1.82) is 0 Å². The van der Waals surface area contributed by atoms with Crippen LogP contribution in [0.5, 0.6) is 0 Å². The van der Waals surface area contributed by atoms with E-state index >= 15 is 0 Å². The number of carbonyl (C=O) groups is 1. The molecule has 0 spiro atoms. The van der Waals surface area contributed by atoms with Gasteiger partial charge in [-0.2, -0.15) is 0 Å². The molecule has 0 atom stereocenters. The minimum atomic E-state index is -0.645. The van der Waals surface area contributed by atoms with Gasteiger partial charge in [0.2, 0.25) is 0 Å². The molecule has 0 N–H and O–H groups in total. The predicted molar refractivity (Wildman–Crippen MR) is 68.9 cm³/mol. The van der Waals surface area contributed by atoms with Crippen molar-refractivity contribution in [3.05, 3.63) is 30.2 Å². The third kappa shape index (κ3) is 2.25. The maximum Gasteiger partial charge on any atom is 0.419 e. The highest BCUT2D eigenvalue weighted by atomic mass is 19.1. The minimum Gasteiger partial charge on any atom is -0.443 e. The second-order valence-electron chi connectivity index (χ2n) is 5.07. The maximum absolute atomic E-state index is 13.8. The highest BCUT2D eigenvalue weighted by molar-refractivity contribution is 6.39. The fourth-order valence-corrected chi connectivity index (χ4v) is 1.72. The van der Waals surface area contributed by atoms with Gasteiger partial charge in [-0.3, -0.25) is 4.57 Å². The van der Waals surface area contributed by atoms with Crippen LogP contribution in [0.2, 0.25) is 0 Å². The molecule has 0 unspecified atom stereocenters. The van der Waals surface area contributed by atoms with Crippen LogP contribution in [0.25, 0.3) is 10.9 Å². The Morgan fingerprint density at radius 1 is 1.39 bits per heavy atom. The molecular weight excluding hydrogens is 232 g/mol. The molecule has 18 heavy (non-hydrogen) atoms. The Hall–Kier alpha value is -1.78. The minimum absolute atomic E-state index is 0.143. The standard InChI is InChI=1S/C13H13BFNO2/c1-13(2,3)18-12(17)16-7-9(14)8-5-4-6-10(15)11(8)16/h4-7H,1-3H3. The molecule has 0 aliphatic carbocycles. The Labute approximate surface area is 106 Å². The van der Waals surface area contributed by atoms with E-state index < -0.39 is 17.5 Å². The smallest absolute Gasteiger partial charge is 0.419 e. The number of aromatic nitrogens is 1. The van der Waals surface area contributed by atoms with Crippen molar-refractivity contribution in [1.82, 2.24) is 4.57 Å². The summed E-state index contributed by atoms with van der Waals surface area (Å²) in [6.07, 6.45) is 0.733. The van der Waals surface area contributed by atoms with Gasteiger partial charge in [-0.15, -0.1) is 0 Å². The molecule has 2 aromatic rings. The lowest BCUT2D eigenvalue weighted by molar-refractivity contribution is 0.0544. The molecule has 0 aliphatic heterocycles. The molecule has 1 aromatic heterocycles. The lowest BCUT2D eigenvalue weighted by Gasteiger charge is -2.19. The number of carbonyl (C=O) groups excluding carboxylic acids is 1. The van der Waals surface area contributed by atoms with Gasteiger partial charge in [-0.1, -0.05) is 17.6 Å². The van der Waals surface area contributed by atoms with E-state index in [1.165, 1.54) is 12.3 Å². The number of hydrogen-bond acceptors (Lipinski definition) is 2. The fourth-order valence-electron chi connectivity index (χ4n) is 1.72. The van der Waals surface area contributed by atoms with Crippen molar-refractivity contribution in [2.45, 2.75) is 26.4 Å². The van der Waals surface area contributed by atoms with Gasteiger partial charge in [0.15, 0.2) is 0 Å². The van der Waals surface area contributed by atoms with E-state index in [1.807, 2.05) is 0 Å². The first kappa shape index (κ1) is 12.7. The molecule has 5 heteroatoms. The molecule has 0 aliphatic rings. The summed E-state index contributed by atoms with van der Waals surface area (Å²) in [4.78, 5) is 12.0. The van der Waals surface area contributed by atoms with Crippen molar-refractivity contribution in [3.63, 3.8) is 0 Å². The van der Waals surface area contributed by atoms with Gasteiger partial charge < -0.3 is 4.74 Å².